The molecule has 3 heteroatoms. The highest BCUT2D eigenvalue weighted by Crippen LogP contribution is 2.04. The van der Waals surface area contributed by atoms with Crippen LogP contribution in [-0.4, -0.2) is 23.0 Å². The molecule has 0 unspecified atom stereocenters. The van der Waals surface area contributed by atoms with Gasteiger partial charge in [0.25, 0.3) is 0 Å². The van der Waals surface area contributed by atoms with Gasteiger partial charge < -0.3 is 5.32 Å². The maximum Gasteiger partial charge on any atom is 0.125 e. The fourth-order valence-electron chi connectivity index (χ4n) is 0.990. The summed E-state index contributed by atoms with van der Waals surface area (Å²) in [6, 6.07) is 4.07. The molecule has 0 bridgehead atoms. The lowest BCUT2D eigenvalue weighted by Crippen LogP contribution is -2.05. The van der Waals surface area contributed by atoms with Crippen LogP contribution in [0.1, 0.15) is 5.56 Å². The molecule has 2 nitrogen and oxygen atoms in total. The lowest BCUT2D eigenvalue weighted by atomic mass is 10.3. The van der Waals surface area contributed by atoms with Crippen molar-refractivity contribution in [1.29, 1.82) is 0 Å². The minimum Gasteiger partial charge on any atom is -0.369 e. The predicted molar refractivity (Wildman–Crippen MR) is 65.0 cm³/mol. The van der Waals surface area contributed by atoms with Crippen molar-refractivity contribution in [2.75, 3.05) is 23.4 Å². The Kier molecular flexibility index (Phi) is 5.15. The molecule has 0 spiro atoms. The van der Waals surface area contributed by atoms with Crippen molar-refractivity contribution in [3.8, 4) is 0 Å². The van der Waals surface area contributed by atoms with Crippen molar-refractivity contribution >= 4 is 17.6 Å². The van der Waals surface area contributed by atoms with E-state index in [1.807, 2.05) is 37.0 Å². The third kappa shape index (κ3) is 4.33. The van der Waals surface area contributed by atoms with Gasteiger partial charge in [0.05, 0.1) is 0 Å². The average Bonchev–Trinajstić information content (AvgIpc) is 2.21. The summed E-state index contributed by atoms with van der Waals surface area (Å²) in [5.74, 6) is 3.06. The van der Waals surface area contributed by atoms with Crippen LogP contribution in [0.5, 0.6) is 0 Å². The van der Waals surface area contributed by atoms with Crippen LogP contribution < -0.4 is 5.32 Å². The SMILES string of the molecule is C=CCSCCNc1ccc(C)cn1. The fraction of sp³-hybridized carbons (Fsp3) is 0.364. The molecule has 1 aromatic heterocycles. The molecule has 0 aromatic carbocycles. The van der Waals surface area contributed by atoms with Crippen LogP contribution in [0.15, 0.2) is 31.0 Å². The van der Waals surface area contributed by atoms with Gasteiger partial charge >= 0.3 is 0 Å². The van der Waals surface area contributed by atoms with Crippen LogP contribution in [0, 0.1) is 6.92 Å². The van der Waals surface area contributed by atoms with Crippen LogP contribution in [0.2, 0.25) is 0 Å². The van der Waals surface area contributed by atoms with E-state index in [0.717, 1.165) is 23.9 Å². The van der Waals surface area contributed by atoms with Gasteiger partial charge in [-0.3, -0.25) is 0 Å². The van der Waals surface area contributed by atoms with Crippen molar-refractivity contribution in [3.63, 3.8) is 0 Å². The van der Waals surface area contributed by atoms with Gasteiger partial charge in [-0.05, 0) is 18.6 Å². The standard InChI is InChI=1S/C11H16N2S/c1-3-7-14-8-6-12-11-5-4-10(2)9-13-11/h3-5,9H,1,6-8H2,2H3,(H,12,13). The van der Waals surface area contributed by atoms with Gasteiger partial charge in [-0.15, -0.1) is 6.58 Å². The third-order valence-electron chi connectivity index (χ3n) is 1.70. The van der Waals surface area contributed by atoms with Crippen molar-refractivity contribution in [3.05, 3.63) is 36.5 Å². The minimum absolute atomic E-state index is 0.953. The molecule has 0 amide bonds. The lowest BCUT2D eigenvalue weighted by Gasteiger charge is -2.04. The number of anilines is 1. The monoisotopic (exact) mass is 208 g/mol. The Morgan fingerprint density at radius 1 is 1.57 bits per heavy atom. The molecule has 0 aliphatic carbocycles. The summed E-state index contributed by atoms with van der Waals surface area (Å²) < 4.78 is 0. The van der Waals surface area contributed by atoms with E-state index in [-0.39, 0.29) is 0 Å². The van der Waals surface area contributed by atoms with Crippen molar-refractivity contribution in [2.24, 2.45) is 0 Å². The first-order chi connectivity index (χ1) is 6.83. The number of hydrogen-bond donors (Lipinski definition) is 1. The summed E-state index contributed by atoms with van der Waals surface area (Å²) in [6.45, 7) is 6.66. The Bertz CT molecular complexity index is 269. The van der Waals surface area contributed by atoms with Gasteiger partial charge in [-0.25, -0.2) is 4.98 Å². The largest absolute Gasteiger partial charge is 0.369 e. The fourth-order valence-corrected chi connectivity index (χ4v) is 1.57. The molecule has 1 aromatic rings. The molecule has 76 valence electrons. The molecule has 0 saturated heterocycles. The van der Waals surface area contributed by atoms with E-state index in [1.54, 1.807) is 0 Å². The molecule has 0 saturated carbocycles. The van der Waals surface area contributed by atoms with E-state index in [4.69, 9.17) is 0 Å². The van der Waals surface area contributed by atoms with Crippen molar-refractivity contribution in [1.82, 2.24) is 4.98 Å². The Balaban J connectivity index is 2.18. The van der Waals surface area contributed by atoms with Gasteiger partial charge in [-0.1, -0.05) is 12.1 Å². The number of hydrogen-bond acceptors (Lipinski definition) is 3. The van der Waals surface area contributed by atoms with Crippen LogP contribution in [0.4, 0.5) is 5.82 Å². The smallest absolute Gasteiger partial charge is 0.125 e. The maximum absolute atomic E-state index is 4.26. The average molecular weight is 208 g/mol. The second-order valence-electron chi connectivity index (χ2n) is 3.01. The molecule has 0 fully saturated rings. The first-order valence-corrected chi connectivity index (χ1v) is 5.83. The van der Waals surface area contributed by atoms with E-state index in [1.165, 1.54) is 5.56 Å². The number of nitrogens with one attached hydrogen (secondary N) is 1. The van der Waals surface area contributed by atoms with Crippen molar-refractivity contribution < 1.29 is 0 Å². The van der Waals surface area contributed by atoms with E-state index >= 15 is 0 Å². The Morgan fingerprint density at radius 3 is 3.07 bits per heavy atom. The summed E-state index contributed by atoms with van der Waals surface area (Å²) >= 11 is 1.87. The van der Waals surface area contributed by atoms with Crippen LogP contribution in [-0.2, 0) is 0 Å². The molecular weight excluding hydrogens is 192 g/mol. The highest BCUT2D eigenvalue weighted by atomic mass is 32.2. The molecular formula is C11H16N2S. The number of rotatable bonds is 6. The number of aromatic nitrogens is 1. The van der Waals surface area contributed by atoms with Gasteiger partial charge in [-0.2, -0.15) is 11.8 Å². The zero-order valence-corrected chi connectivity index (χ0v) is 9.31. The molecule has 1 rings (SSSR count). The van der Waals surface area contributed by atoms with E-state index in [2.05, 4.69) is 22.9 Å². The zero-order chi connectivity index (χ0) is 10.2. The molecule has 0 radical (unpaired) electrons. The number of aryl methyl sites for hydroxylation is 1. The molecule has 0 atom stereocenters. The highest BCUT2D eigenvalue weighted by Gasteiger charge is 1.91. The van der Waals surface area contributed by atoms with E-state index < -0.39 is 0 Å². The van der Waals surface area contributed by atoms with Crippen LogP contribution >= 0.6 is 11.8 Å². The van der Waals surface area contributed by atoms with Gasteiger partial charge in [0.1, 0.15) is 5.82 Å². The Morgan fingerprint density at radius 2 is 2.43 bits per heavy atom. The Labute approximate surface area is 89.8 Å². The lowest BCUT2D eigenvalue weighted by molar-refractivity contribution is 1.16. The molecule has 0 aliphatic heterocycles. The number of nitrogens with zero attached hydrogens (tertiary/aromatic N) is 1. The summed E-state index contributed by atoms with van der Waals surface area (Å²) in [5.41, 5.74) is 1.19. The van der Waals surface area contributed by atoms with Crippen LogP contribution in [0.25, 0.3) is 0 Å². The summed E-state index contributed by atoms with van der Waals surface area (Å²) in [4.78, 5) is 4.26. The summed E-state index contributed by atoms with van der Waals surface area (Å²) in [5, 5.41) is 3.26. The minimum atomic E-state index is 0.953. The predicted octanol–water partition coefficient (Wildman–Crippen LogP) is 2.72. The second kappa shape index (κ2) is 6.49. The highest BCUT2D eigenvalue weighted by molar-refractivity contribution is 7.99. The topological polar surface area (TPSA) is 24.9 Å². The molecule has 0 aliphatic rings. The molecule has 1 N–H and O–H groups in total. The van der Waals surface area contributed by atoms with Gasteiger partial charge in [0.2, 0.25) is 0 Å². The Hall–Kier alpha value is -0.960. The second-order valence-corrected chi connectivity index (χ2v) is 4.16. The van der Waals surface area contributed by atoms with Gasteiger partial charge in [0.15, 0.2) is 0 Å². The molecule has 1 heterocycles. The van der Waals surface area contributed by atoms with Crippen LogP contribution in [0.3, 0.4) is 0 Å². The zero-order valence-electron chi connectivity index (χ0n) is 8.49. The third-order valence-corrected chi connectivity index (χ3v) is 2.66. The van der Waals surface area contributed by atoms with E-state index in [9.17, 15) is 0 Å². The van der Waals surface area contributed by atoms with Crippen molar-refractivity contribution in [2.45, 2.75) is 6.92 Å². The van der Waals surface area contributed by atoms with E-state index in [0.29, 0.717) is 0 Å². The first kappa shape index (κ1) is 11.1. The van der Waals surface area contributed by atoms with Gasteiger partial charge in [0, 0.05) is 24.2 Å². The normalized spacial score (nSPS) is 9.79. The number of thioether (sulfide) groups is 1. The summed E-state index contributed by atoms with van der Waals surface area (Å²) in [6.07, 6.45) is 3.80. The first-order valence-electron chi connectivity index (χ1n) is 4.68. The number of pyridine rings is 1. The molecule has 14 heavy (non-hydrogen) atoms. The maximum atomic E-state index is 4.26. The quantitative estimate of drug-likeness (QED) is 0.575. The summed E-state index contributed by atoms with van der Waals surface area (Å²) in [7, 11) is 0.